The van der Waals surface area contributed by atoms with E-state index in [0.29, 0.717) is 11.5 Å². The van der Waals surface area contributed by atoms with Gasteiger partial charge in [-0.2, -0.15) is 0 Å². The van der Waals surface area contributed by atoms with E-state index >= 15 is 0 Å². The van der Waals surface area contributed by atoms with Gasteiger partial charge in [0, 0.05) is 44.2 Å². The Hall–Kier alpha value is -0.810. The molecule has 1 amide bonds. The smallest absolute Gasteiger partial charge is 0.410 e. The van der Waals surface area contributed by atoms with E-state index in [0.717, 1.165) is 19.5 Å². The van der Waals surface area contributed by atoms with Crippen LogP contribution in [-0.2, 0) is 4.74 Å². The summed E-state index contributed by atoms with van der Waals surface area (Å²) in [5.74, 6) is 0. The lowest BCUT2D eigenvalue weighted by Gasteiger charge is -2.46. The van der Waals surface area contributed by atoms with E-state index < -0.39 is 5.60 Å². The number of nitrogens with zero attached hydrogens (tertiary/aromatic N) is 3. The van der Waals surface area contributed by atoms with Gasteiger partial charge in [-0.25, -0.2) is 4.79 Å². The number of hydrogen-bond acceptors (Lipinski definition) is 4. The third-order valence-corrected chi connectivity index (χ3v) is 5.01. The van der Waals surface area contributed by atoms with Gasteiger partial charge >= 0.3 is 6.09 Å². The molecule has 3 rings (SSSR count). The van der Waals surface area contributed by atoms with Crippen LogP contribution in [0.25, 0.3) is 0 Å². The summed E-state index contributed by atoms with van der Waals surface area (Å²) >= 11 is 0. The quantitative estimate of drug-likeness (QED) is 0.737. The average molecular weight is 295 g/mol. The maximum atomic E-state index is 12.1. The van der Waals surface area contributed by atoms with Crippen LogP contribution in [0.1, 0.15) is 33.6 Å². The topological polar surface area (TPSA) is 36.0 Å². The number of amides is 1. The van der Waals surface area contributed by atoms with E-state index in [2.05, 4.69) is 16.8 Å². The molecule has 21 heavy (non-hydrogen) atoms. The van der Waals surface area contributed by atoms with Gasteiger partial charge in [0.1, 0.15) is 5.60 Å². The van der Waals surface area contributed by atoms with E-state index in [9.17, 15) is 4.79 Å². The zero-order chi connectivity index (χ0) is 15.3. The van der Waals surface area contributed by atoms with Crippen molar-refractivity contribution < 1.29 is 9.53 Å². The predicted molar refractivity (Wildman–Crippen MR) is 82.3 cm³/mol. The first-order chi connectivity index (χ1) is 9.76. The van der Waals surface area contributed by atoms with Gasteiger partial charge in [-0.3, -0.25) is 4.90 Å². The highest BCUT2D eigenvalue weighted by Crippen LogP contribution is 2.40. The maximum Gasteiger partial charge on any atom is 0.410 e. The fourth-order valence-corrected chi connectivity index (χ4v) is 4.17. The van der Waals surface area contributed by atoms with Crippen molar-refractivity contribution in [2.75, 3.05) is 46.3 Å². The minimum Gasteiger partial charge on any atom is -0.444 e. The maximum absolute atomic E-state index is 12.1. The van der Waals surface area contributed by atoms with Crippen molar-refractivity contribution in [1.29, 1.82) is 0 Å². The fourth-order valence-electron chi connectivity index (χ4n) is 4.17. The number of carbonyl (C=O) groups excluding carboxylic acids is 1. The van der Waals surface area contributed by atoms with Crippen LogP contribution in [0.5, 0.6) is 0 Å². The monoisotopic (exact) mass is 295 g/mol. The third kappa shape index (κ3) is 3.19. The summed E-state index contributed by atoms with van der Waals surface area (Å²) in [4.78, 5) is 19.0. The van der Waals surface area contributed by atoms with Gasteiger partial charge in [-0.05, 0) is 47.2 Å². The predicted octanol–water partition coefficient (Wildman–Crippen LogP) is 1.63. The van der Waals surface area contributed by atoms with Crippen molar-refractivity contribution in [3.8, 4) is 0 Å². The van der Waals surface area contributed by atoms with Crippen molar-refractivity contribution in [1.82, 2.24) is 14.7 Å². The minimum absolute atomic E-state index is 0.151. The average Bonchev–Trinajstić information content (AvgIpc) is 2.91. The van der Waals surface area contributed by atoms with Gasteiger partial charge in [-0.15, -0.1) is 0 Å². The number of rotatable bonds is 1. The van der Waals surface area contributed by atoms with Crippen LogP contribution in [-0.4, -0.2) is 78.8 Å². The largest absolute Gasteiger partial charge is 0.444 e. The Balaban J connectivity index is 1.50. The second-order valence-electron chi connectivity index (χ2n) is 8.26. The highest BCUT2D eigenvalue weighted by Gasteiger charge is 2.48. The molecule has 5 nitrogen and oxygen atoms in total. The lowest BCUT2D eigenvalue weighted by molar-refractivity contribution is 0.0228. The van der Waals surface area contributed by atoms with Crippen LogP contribution in [0.2, 0.25) is 0 Å². The lowest BCUT2D eigenvalue weighted by Crippen LogP contribution is -2.56. The molecule has 5 heteroatoms. The Morgan fingerprint density at radius 3 is 2.52 bits per heavy atom. The zero-order valence-corrected chi connectivity index (χ0v) is 13.9. The van der Waals surface area contributed by atoms with Crippen LogP contribution < -0.4 is 0 Å². The van der Waals surface area contributed by atoms with E-state index in [-0.39, 0.29) is 6.09 Å². The molecule has 0 aromatic carbocycles. The minimum atomic E-state index is -0.399. The molecule has 3 saturated heterocycles. The molecule has 0 aromatic rings. The van der Waals surface area contributed by atoms with Gasteiger partial charge < -0.3 is 14.5 Å². The van der Waals surface area contributed by atoms with Crippen molar-refractivity contribution >= 4 is 6.09 Å². The standard InChI is InChI=1S/C16H29N3O2/c1-15(2,3)21-14(20)18-7-5-13(9-18)19-8-6-16(12-19)10-17(4)11-16/h13H,5-12H2,1-4H3/t13-/m1/s1. The number of hydrogen-bond donors (Lipinski definition) is 0. The van der Waals surface area contributed by atoms with E-state index in [4.69, 9.17) is 4.74 Å². The molecule has 3 heterocycles. The lowest BCUT2D eigenvalue weighted by atomic mass is 9.79. The van der Waals surface area contributed by atoms with Crippen LogP contribution in [0.15, 0.2) is 0 Å². The van der Waals surface area contributed by atoms with Crippen molar-refractivity contribution in [3.63, 3.8) is 0 Å². The van der Waals surface area contributed by atoms with Gasteiger partial charge in [0.25, 0.3) is 0 Å². The molecule has 3 aliphatic rings. The molecule has 0 aliphatic carbocycles. The Kier molecular flexibility index (Phi) is 3.69. The Bertz CT molecular complexity index is 412. The number of ether oxygens (including phenoxy) is 1. The summed E-state index contributed by atoms with van der Waals surface area (Å²) in [6.07, 6.45) is 2.26. The first-order valence-electron chi connectivity index (χ1n) is 8.17. The number of carbonyl (C=O) groups is 1. The molecule has 0 aromatic heterocycles. The van der Waals surface area contributed by atoms with E-state index in [1.165, 1.54) is 32.6 Å². The highest BCUT2D eigenvalue weighted by molar-refractivity contribution is 5.68. The summed E-state index contributed by atoms with van der Waals surface area (Å²) in [6, 6.07) is 0.530. The Morgan fingerprint density at radius 1 is 1.19 bits per heavy atom. The van der Waals surface area contributed by atoms with Gasteiger partial charge in [0.15, 0.2) is 0 Å². The van der Waals surface area contributed by atoms with Crippen molar-refractivity contribution in [3.05, 3.63) is 0 Å². The first-order valence-corrected chi connectivity index (χ1v) is 8.17. The molecule has 120 valence electrons. The third-order valence-electron chi connectivity index (χ3n) is 5.01. The van der Waals surface area contributed by atoms with Crippen molar-refractivity contribution in [2.45, 2.75) is 45.3 Å². The van der Waals surface area contributed by atoms with Crippen LogP contribution in [0, 0.1) is 5.41 Å². The molecule has 0 radical (unpaired) electrons. The molecule has 0 N–H and O–H groups in total. The normalized spacial score (nSPS) is 29.9. The number of likely N-dealkylation sites (tertiary alicyclic amines) is 3. The van der Waals surface area contributed by atoms with Crippen LogP contribution in [0.4, 0.5) is 4.79 Å². The first kappa shape index (κ1) is 15.1. The zero-order valence-electron chi connectivity index (χ0n) is 13.9. The second kappa shape index (κ2) is 5.13. The van der Waals surface area contributed by atoms with E-state index in [1.54, 1.807) is 0 Å². The van der Waals surface area contributed by atoms with Gasteiger partial charge in [-0.1, -0.05) is 0 Å². The van der Waals surface area contributed by atoms with Crippen molar-refractivity contribution in [2.24, 2.45) is 5.41 Å². The molecule has 1 atom stereocenters. The molecular formula is C16H29N3O2. The summed E-state index contributed by atoms with van der Waals surface area (Å²) in [5, 5.41) is 0. The molecule has 3 fully saturated rings. The van der Waals surface area contributed by atoms with Crippen LogP contribution in [0.3, 0.4) is 0 Å². The molecule has 1 spiro atoms. The molecule has 3 aliphatic heterocycles. The Morgan fingerprint density at radius 2 is 1.90 bits per heavy atom. The summed E-state index contributed by atoms with van der Waals surface area (Å²) in [6.45, 7) is 12.3. The second-order valence-corrected chi connectivity index (χ2v) is 8.26. The molecular weight excluding hydrogens is 266 g/mol. The van der Waals surface area contributed by atoms with Gasteiger partial charge in [0.05, 0.1) is 0 Å². The summed E-state index contributed by atoms with van der Waals surface area (Å²) in [5.41, 5.74) is 0.150. The van der Waals surface area contributed by atoms with Gasteiger partial charge in [0.2, 0.25) is 0 Å². The summed E-state index contributed by atoms with van der Waals surface area (Å²) < 4.78 is 5.48. The molecule has 0 unspecified atom stereocenters. The molecule has 0 bridgehead atoms. The molecule has 0 saturated carbocycles. The summed E-state index contributed by atoms with van der Waals surface area (Å²) in [7, 11) is 2.20. The SMILES string of the molecule is CN1CC2(CCN([C@@H]3CCN(C(=O)OC(C)(C)C)C3)C2)C1. The Labute approximate surface area is 128 Å². The van der Waals surface area contributed by atoms with E-state index in [1.807, 2.05) is 25.7 Å². The highest BCUT2D eigenvalue weighted by atomic mass is 16.6. The fraction of sp³-hybridized carbons (Fsp3) is 0.938. The van der Waals surface area contributed by atoms with Crippen LogP contribution >= 0.6 is 0 Å².